The van der Waals surface area contributed by atoms with E-state index in [1.165, 1.54) is 31.4 Å². The molecule has 174 valence electrons. The Morgan fingerprint density at radius 2 is 1.91 bits per heavy atom. The molecule has 3 rings (SSSR count). The first-order chi connectivity index (χ1) is 15.1. The Labute approximate surface area is 187 Å². The molecule has 1 atom stereocenters. The van der Waals surface area contributed by atoms with Gasteiger partial charge >= 0.3 is 0 Å². The number of nitrogens with two attached hydrogens (primary N) is 1. The number of carbonyl (C=O) groups excluding carboxylic acids is 3. The van der Waals surface area contributed by atoms with Gasteiger partial charge in [0.15, 0.2) is 5.69 Å². The number of primary amides is 1. The number of amides is 3. The van der Waals surface area contributed by atoms with E-state index in [2.05, 4.69) is 15.7 Å². The van der Waals surface area contributed by atoms with E-state index in [1.807, 2.05) is 0 Å². The second kappa shape index (κ2) is 9.67. The molecule has 1 aromatic heterocycles. The molecule has 1 heterocycles. The summed E-state index contributed by atoms with van der Waals surface area (Å²) in [5.74, 6) is -1.77. The first kappa shape index (κ1) is 23.7. The summed E-state index contributed by atoms with van der Waals surface area (Å²) >= 11 is 0. The molecule has 32 heavy (non-hydrogen) atoms. The van der Waals surface area contributed by atoms with Crippen molar-refractivity contribution in [3.8, 4) is 0 Å². The van der Waals surface area contributed by atoms with Gasteiger partial charge in [0.1, 0.15) is 11.9 Å². The summed E-state index contributed by atoms with van der Waals surface area (Å²) in [6.45, 7) is 5.71. The lowest BCUT2D eigenvalue weighted by atomic mass is 9.86. The minimum Gasteiger partial charge on any atom is -0.368 e. The summed E-state index contributed by atoms with van der Waals surface area (Å²) < 4.78 is 15.8. The van der Waals surface area contributed by atoms with E-state index in [0.717, 1.165) is 12.8 Å². The van der Waals surface area contributed by atoms with Gasteiger partial charge in [0.05, 0.1) is 12.1 Å². The Hall–Kier alpha value is -2.97. The van der Waals surface area contributed by atoms with Crippen LogP contribution in [0, 0.1) is 17.2 Å². The van der Waals surface area contributed by atoms with Crippen LogP contribution in [0.15, 0.2) is 18.2 Å². The number of fused-ring (bicyclic) bond motifs is 1. The maximum Gasteiger partial charge on any atom is 0.273 e. The molecule has 1 fully saturated rings. The van der Waals surface area contributed by atoms with Gasteiger partial charge in [0.25, 0.3) is 5.91 Å². The molecule has 4 N–H and O–H groups in total. The molecule has 9 heteroatoms. The van der Waals surface area contributed by atoms with Crippen molar-refractivity contribution >= 4 is 28.6 Å². The van der Waals surface area contributed by atoms with E-state index in [0.29, 0.717) is 23.4 Å². The highest BCUT2D eigenvalue weighted by Crippen LogP contribution is 2.28. The fraction of sp³-hybridized carbons (Fsp3) is 0.565. The van der Waals surface area contributed by atoms with Crippen molar-refractivity contribution in [3.05, 3.63) is 29.7 Å². The lowest BCUT2D eigenvalue weighted by molar-refractivity contribution is -0.128. The third-order valence-electron chi connectivity index (χ3n) is 5.92. The molecule has 2 aromatic rings. The van der Waals surface area contributed by atoms with E-state index in [4.69, 9.17) is 5.73 Å². The number of rotatable bonds is 7. The van der Waals surface area contributed by atoms with Crippen LogP contribution in [-0.4, -0.2) is 40.1 Å². The maximum absolute atomic E-state index is 14.0. The van der Waals surface area contributed by atoms with Crippen LogP contribution >= 0.6 is 0 Å². The third-order valence-corrected chi connectivity index (χ3v) is 5.92. The average Bonchev–Trinajstić information content (AvgIpc) is 3.07. The number of nitrogens with one attached hydrogen (secondary N) is 2. The number of hydrogen-bond donors (Lipinski definition) is 3. The Bertz CT molecular complexity index is 1000. The van der Waals surface area contributed by atoms with Crippen LogP contribution in [0.1, 0.15) is 63.4 Å². The molecule has 0 saturated heterocycles. The van der Waals surface area contributed by atoms with Gasteiger partial charge in [-0.25, -0.2) is 4.39 Å². The summed E-state index contributed by atoms with van der Waals surface area (Å²) in [7, 11) is 0. The Kier molecular flexibility index (Phi) is 7.16. The zero-order valence-corrected chi connectivity index (χ0v) is 18.9. The normalized spacial score (nSPS) is 16.0. The van der Waals surface area contributed by atoms with Crippen molar-refractivity contribution in [2.45, 2.75) is 65.5 Å². The maximum atomic E-state index is 14.0. The van der Waals surface area contributed by atoms with Crippen molar-refractivity contribution in [3.63, 3.8) is 0 Å². The number of halogens is 1. The van der Waals surface area contributed by atoms with Gasteiger partial charge < -0.3 is 16.4 Å². The lowest BCUT2D eigenvalue weighted by Gasteiger charge is -2.30. The van der Waals surface area contributed by atoms with Crippen molar-refractivity contribution in [2.24, 2.45) is 17.1 Å². The first-order valence-electron chi connectivity index (χ1n) is 11.1. The molecule has 0 aliphatic heterocycles. The van der Waals surface area contributed by atoms with Crippen molar-refractivity contribution in [1.82, 2.24) is 20.4 Å². The van der Waals surface area contributed by atoms with Crippen LogP contribution in [0.3, 0.4) is 0 Å². The molecular weight excluding hydrogens is 413 g/mol. The number of hydrogen-bond acceptors (Lipinski definition) is 4. The predicted molar refractivity (Wildman–Crippen MR) is 119 cm³/mol. The van der Waals surface area contributed by atoms with Gasteiger partial charge in [0.2, 0.25) is 11.8 Å². The largest absolute Gasteiger partial charge is 0.368 e. The summed E-state index contributed by atoms with van der Waals surface area (Å²) in [4.78, 5) is 36.9. The van der Waals surface area contributed by atoms with Gasteiger partial charge in [-0.15, -0.1) is 0 Å². The highest BCUT2D eigenvalue weighted by Gasteiger charge is 2.34. The third kappa shape index (κ3) is 5.63. The molecule has 1 saturated carbocycles. The molecular formula is C23H32FN5O3. The van der Waals surface area contributed by atoms with Crippen LogP contribution in [0.5, 0.6) is 0 Å². The minimum atomic E-state index is -0.943. The molecule has 0 radical (unpaired) electrons. The SMILES string of the molecule is CC(C)(C)C(NC(=O)c1nn(CC2CCCCC2)c2ccc(F)cc12)C(=O)NCC(N)=O. The topological polar surface area (TPSA) is 119 Å². The molecule has 1 aliphatic rings. The number of carbonyl (C=O) groups is 3. The molecule has 0 bridgehead atoms. The summed E-state index contributed by atoms with van der Waals surface area (Å²) in [5.41, 5.74) is 5.22. The number of aromatic nitrogens is 2. The van der Waals surface area contributed by atoms with Gasteiger partial charge in [-0.3, -0.25) is 19.1 Å². The molecule has 3 amide bonds. The van der Waals surface area contributed by atoms with Crippen LogP contribution < -0.4 is 16.4 Å². The summed E-state index contributed by atoms with van der Waals surface area (Å²) in [6.07, 6.45) is 5.81. The molecule has 1 aliphatic carbocycles. The number of benzene rings is 1. The second-order valence-electron chi connectivity index (χ2n) is 9.65. The van der Waals surface area contributed by atoms with Gasteiger partial charge in [-0.1, -0.05) is 40.0 Å². The van der Waals surface area contributed by atoms with E-state index < -0.39 is 35.0 Å². The Morgan fingerprint density at radius 1 is 1.22 bits per heavy atom. The van der Waals surface area contributed by atoms with Gasteiger partial charge in [-0.05, 0) is 42.4 Å². The van der Waals surface area contributed by atoms with E-state index in [1.54, 1.807) is 31.5 Å². The standard InChI is InChI=1S/C23H32FN5O3/c1-23(2,3)20(22(32)26-12-18(25)30)27-21(31)19-16-11-15(24)9-10-17(16)29(28-19)13-14-7-5-4-6-8-14/h9-11,14,20H,4-8,12-13H2,1-3H3,(H2,25,30)(H,26,32)(H,27,31). The van der Waals surface area contributed by atoms with Crippen molar-refractivity contribution in [1.29, 1.82) is 0 Å². The van der Waals surface area contributed by atoms with Gasteiger partial charge in [0, 0.05) is 11.9 Å². The Morgan fingerprint density at radius 3 is 2.53 bits per heavy atom. The summed E-state index contributed by atoms with van der Waals surface area (Å²) in [5, 5.41) is 10.1. The number of nitrogens with zero attached hydrogens (tertiary/aromatic N) is 2. The first-order valence-corrected chi connectivity index (χ1v) is 11.1. The fourth-order valence-electron chi connectivity index (χ4n) is 4.22. The van der Waals surface area contributed by atoms with Gasteiger partial charge in [-0.2, -0.15) is 5.10 Å². The van der Waals surface area contributed by atoms with Crippen molar-refractivity contribution < 1.29 is 18.8 Å². The van der Waals surface area contributed by atoms with Crippen LogP contribution in [0.25, 0.3) is 10.9 Å². The lowest BCUT2D eigenvalue weighted by Crippen LogP contribution is -2.54. The smallest absolute Gasteiger partial charge is 0.273 e. The highest BCUT2D eigenvalue weighted by atomic mass is 19.1. The molecule has 1 unspecified atom stereocenters. The van der Waals surface area contributed by atoms with E-state index in [9.17, 15) is 18.8 Å². The second-order valence-corrected chi connectivity index (χ2v) is 9.65. The molecule has 1 aromatic carbocycles. The van der Waals surface area contributed by atoms with Crippen LogP contribution in [0.4, 0.5) is 4.39 Å². The average molecular weight is 446 g/mol. The molecule has 0 spiro atoms. The van der Waals surface area contributed by atoms with Crippen molar-refractivity contribution in [2.75, 3.05) is 6.54 Å². The van der Waals surface area contributed by atoms with E-state index in [-0.39, 0.29) is 12.2 Å². The monoisotopic (exact) mass is 445 g/mol. The Balaban J connectivity index is 1.89. The zero-order valence-electron chi connectivity index (χ0n) is 18.9. The minimum absolute atomic E-state index is 0.0762. The summed E-state index contributed by atoms with van der Waals surface area (Å²) in [6, 6.07) is 3.35. The zero-order chi connectivity index (χ0) is 23.5. The molecule has 8 nitrogen and oxygen atoms in total. The predicted octanol–water partition coefficient (Wildman–Crippen LogP) is 2.50. The fourth-order valence-corrected chi connectivity index (χ4v) is 4.22. The quantitative estimate of drug-likeness (QED) is 0.607. The van der Waals surface area contributed by atoms with Crippen LogP contribution in [0.2, 0.25) is 0 Å². The highest BCUT2D eigenvalue weighted by molar-refractivity contribution is 6.06. The van der Waals surface area contributed by atoms with Crippen LogP contribution in [-0.2, 0) is 16.1 Å². The van der Waals surface area contributed by atoms with E-state index >= 15 is 0 Å².